The summed E-state index contributed by atoms with van der Waals surface area (Å²) in [5, 5.41) is 0. The van der Waals surface area contributed by atoms with E-state index in [9.17, 15) is 0 Å². The van der Waals surface area contributed by atoms with Crippen LogP contribution >= 0.6 is 0 Å². The number of rotatable bonds is 3. The lowest BCUT2D eigenvalue weighted by atomic mass is 10.1. The van der Waals surface area contributed by atoms with Gasteiger partial charge >= 0.3 is 0 Å². The van der Waals surface area contributed by atoms with Crippen molar-refractivity contribution >= 4 is 0 Å². The van der Waals surface area contributed by atoms with Crippen LogP contribution in [0.5, 0.6) is 5.75 Å². The Hall–Kier alpha value is -1.24. The predicted molar refractivity (Wildman–Crippen MR) is 45.5 cm³/mol. The molecule has 0 saturated heterocycles. The topological polar surface area (TPSA) is 9.23 Å². The number of benzene rings is 1. The van der Waals surface area contributed by atoms with Gasteiger partial charge in [-0.15, -0.1) is 6.58 Å². The molecular formula is C10H10O. The Kier molecular flexibility index (Phi) is 2.73. The van der Waals surface area contributed by atoms with Gasteiger partial charge < -0.3 is 4.74 Å². The summed E-state index contributed by atoms with van der Waals surface area (Å²) < 4.78 is 4.99. The second kappa shape index (κ2) is 3.81. The summed E-state index contributed by atoms with van der Waals surface area (Å²) in [6.07, 6.45) is 4.61. The lowest BCUT2D eigenvalue weighted by Crippen LogP contribution is -1.82. The molecule has 0 aliphatic rings. The SMILES string of the molecule is C=C[C]c1ccc(OC)cc1. The Morgan fingerprint density at radius 3 is 2.45 bits per heavy atom. The van der Waals surface area contributed by atoms with Crippen molar-refractivity contribution in [2.45, 2.75) is 0 Å². The first-order valence-corrected chi connectivity index (χ1v) is 3.38. The minimum Gasteiger partial charge on any atom is -0.497 e. The van der Waals surface area contributed by atoms with Crippen LogP contribution < -0.4 is 4.74 Å². The Morgan fingerprint density at radius 1 is 1.36 bits per heavy atom. The van der Waals surface area contributed by atoms with Crippen molar-refractivity contribution in [3.05, 3.63) is 48.9 Å². The third-order valence-corrected chi connectivity index (χ3v) is 1.36. The number of ether oxygens (including phenoxy) is 1. The molecule has 0 unspecified atom stereocenters. The van der Waals surface area contributed by atoms with E-state index in [1.807, 2.05) is 24.3 Å². The van der Waals surface area contributed by atoms with E-state index in [2.05, 4.69) is 13.0 Å². The van der Waals surface area contributed by atoms with Crippen LogP contribution in [0.2, 0.25) is 0 Å². The molecular weight excluding hydrogens is 136 g/mol. The minimum absolute atomic E-state index is 0.861. The quantitative estimate of drug-likeness (QED) is 0.635. The third kappa shape index (κ3) is 2.11. The predicted octanol–water partition coefficient (Wildman–Crippen LogP) is 2.31. The molecule has 0 N–H and O–H groups in total. The maximum atomic E-state index is 4.99. The van der Waals surface area contributed by atoms with Crippen LogP contribution in [0, 0.1) is 6.42 Å². The average molecular weight is 146 g/mol. The van der Waals surface area contributed by atoms with Crippen LogP contribution in [0.4, 0.5) is 0 Å². The van der Waals surface area contributed by atoms with Gasteiger partial charge in [0.1, 0.15) is 5.75 Å². The average Bonchev–Trinajstić information content (AvgIpc) is 2.07. The van der Waals surface area contributed by atoms with E-state index >= 15 is 0 Å². The van der Waals surface area contributed by atoms with Gasteiger partial charge in [-0.3, -0.25) is 0 Å². The van der Waals surface area contributed by atoms with E-state index in [1.54, 1.807) is 13.2 Å². The number of hydrogen-bond donors (Lipinski definition) is 0. The first-order valence-electron chi connectivity index (χ1n) is 3.38. The largest absolute Gasteiger partial charge is 0.497 e. The molecule has 0 aromatic heterocycles. The van der Waals surface area contributed by atoms with Gasteiger partial charge in [-0.05, 0) is 17.7 Å². The summed E-state index contributed by atoms with van der Waals surface area (Å²) in [5.41, 5.74) is 1.01. The van der Waals surface area contributed by atoms with E-state index in [0.29, 0.717) is 0 Å². The van der Waals surface area contributed by atoms with Crippen LogP contribution in [-0.4, -0.2) is 7.11 Å². The van der Waals surface area contributed by atoms with Crippen LogP contribution in [0.1, 0.15) is 5.56 Å². The van der Waals surface area contributed by atoms with Crippen molar-refractivity contribution < 1.29 is 4.74 Å². The standard InChI is InChI=1S/C10H10O/c1-3-4-9-5-7-10(11-2)8-6-9/h3,5-8H,1H2,2H3. The molecule has 0 amide bonds. The van der Waals surface area contributed by atoms with Gasteiger partial charge in [0.25, 0.3) is 0 Å². The first kappa shape index (κ1) is 7.86. The summed E-state index contributed by atoms with van der Waals surface area (Å²) in [6, 6.07) is 7.65. The maximum absolute atomic E-state index is 4.99. The monoisotopic (exact) mass is 146 g/mol. The van der Waals surface area contributed by atoms with Gasteiger partial charge in [0, 0.05) is 6.42 Å². The highest BCUT2D eigenvalue weighted by molar-refractivity contribution is 5.33. The molecule has 0 atom stereocenters. The molecule has 1 aromatic carbocycles. The summed E-state index contributed by atoms with van der Waals surface area (Å²) in [7, 11) is 1.65. The van der Waals surface area contributed by atoms with E-state index < -0.39 is 0 Å². The fourth-order valence-electron chi connectivity index (χ4n) is 0.805. The van der Waals surface area contributed by atoms with Crippen molar-refractivity contribution in [1.82, 2.24) is 0 Å². The Labute approximate surface area is 67.3 Å². The molecule has 1 heteroatoms. The molecule has 0 saturated carbocycles. The smallest absolute Gasteiger partial charge is 0.118 e. The normalized spacial score (nSPS) is 9.18. The molecule has 2 radical (unpaired) electrons. The molecule has 0 fully saturated rings. The van der Waals surface area contributed by atoms with Gasteiger partial charge in [0.05, 0.1) is 7.11 Å². The molecule has 11 heavy (non-hydrogen) atoms. The fraction of sp³-hybridized carbons (Fsp3) is 0.100. The minimum atomic E-state index is 0.861. The molecule has 0 aliphatic carbocycles. The summed E-state index contributed by atoms with van der Waals surface area (Å²) in [6.45, 7) is 3.56. The molecule has 0 spiro atoms. The van der Waals surface area contributed by atoms with Crippen LogP contribution in [0.15, 0.2) is 36.9 Å². The maximum Gasteiger partial charge on any atom is 0.118 e. The summed E-state index contributed by atoms with van der Waals surface area (Å²) in [5.74, 6) is 0.861. The van der Waals surface area contributed by atoms with Gasteiger partial charge in [-0.1, -0.05) is 18.2 Å². The van der Waals surface area contributed by atoms with Crippen LogP contribution in [-0.2, 0) is 0 Å². The zero-order valence-electron chi connectivity index (χ0n) is 6.50. The zero-order valence-corrected chi connectivity index (χ0v) is 6.50. The van der Waals surface area contributed by atoms with Crippen LogP contribution in [0.3, 0.4) is 0 Å². The summed E-state index contributed by atoms with van der Waals surface area (Å²) >= 11 is 0. The highest BCUT2D eigenvalue weighted by atomic mass is 16.5. The molecule has 1 rings (SSSR count). The van der Waals surface area contributed by atoms with E-state index in [0.717, 1.165) is 11.3 Å². The van der Waals surface area contributed by atoms with E-state index in [-0.39, 0.29) is 0 Å². The van der Waals surface area contributed by atoms with Crippen molar-refractivity contribution in [3.8, 4) is 5.75 Å². The lowest BCUT2D eigenvalue weighted by Gasteiger charge is -1.99. The highest BCUT2D eigenvalue weighted by Crippen LogP contribution is 2.12. The van der Waals surface area contributed by atoms with Gasteiger partial charge in [-0.25, -0.2) is 0 Å². The molecule has 0 heterocycles. The second-order valence-electron chi connectivity index (χ2n) is 2.08. The van der Waals surface area contributed by atoms with Gasteiger partial charge in [-0.2, -0.15) is 0 Å². The Balaban J connectivity index is 2.74. The lowest BCUT2D eigenvalue weighted by molar-refractivity contribution is 0.414. The second-order valence-corrected chi connectivity index (χ2v) is 2.08. The number of hydrogen-bond acceptors (Lipinski definition) is 1. The van der Waals surface area contributed by atoms with Crippen LogP contribution in [0.25, 0.3) is 0 Å². The van der Waals surface area contributed by atoms with Crippen molar-refractivity contribution in [3.63, 3.8) is 0 Å². The molecule has 0 aliphatic heterocycles. The first-order chi connectivity index (χ1) is 5.36. The van der Waals surface area contributed by atoms with E-state index in [1.165, 1.54) is 0 Å². The highest BCUT2D eigenvalue weighted by Gasteiger charge is 1.90. The summed E-state index contributed by atoms with van der Waals surface area (Å²) in [4.78, 5) is 0. The van der Waals surface area contributed by atoms with Crippen molar-refractivity contribution in [1.29, 1.82) is 0 Å². The Bertz CT molecular complexity index is 223. The zero-order chi connectivity index (χ0) is 8.10. The van der Waals surface area contributed by atoms with E-state index in [4.69, 9.17) is 4.74 Å². The molecule has 56 valence electrons. The molecule has 1 nitrogen and oxygen atoms in total. The van der Waals surface area contributed by atoms with Crippen molar-refractivity contribution in [2.24, 2.45) is 0 Å². The Morgan fingerprint density at radius 2 is 2.00 bits per heavy atom. The number of allylic oxidation sites excluding steroid dienone is 1. The number of methoxy groups -OCH3 is 1. The fourth-order valence-corrected chi connectivity index (χ4v) is 0.805. The van der Waals surface area contributed by atoms with Gasteiger partial charge in [0.2, 0.25) is 0 Å². The van der Waals surface area contributed by atoms with Gasteiger partial charge in [0.15, 0.2) is 0 Å². The molecule has 1 aromatic rings. The molecule has 0 bridgehead atoms. The van der Waals surface area contributed by atoms with Crippen molar-refractivity contribution in [2.75, 3.05) is 7.11 Å². The third-order valence-electron chi connectivity index (χ3n) is 1.36.